The fraction of sp³-hybridized carbons (Fsp3) is 0.800. The Morgan fingerprint density at radius 3 is 2.76 bits per heavy atom. The lowest BCUT2D eigenvalue weighted by Crippen LogP contribution is -2.42. The fourth-order valence-electron chi connectivity index (χ4n) is 3.01. The third-order valence-electron chi connectivity index (χ3n) is 4.76. The number of amides is 1. The second kappa shape index (κ2) is 6.13. The first-order valence-corrected chi connectivity index (χ1v) is 7.96. The molecule has 2 fully saturated rings. The molecule has 2 aliphatic carbocycles. The number of aromatic nitrogens is 3. The third-order valence-corrected chi connectivity index (χ3v) is 4.76. The van der Waals surface area contributed by atoms with Crippen LogP contribution in [-0.2, 0) is 23.1 Å². The Labute approximate surface area is 125 Å². The van der Waals surface area contributed by atoms with Gasteiger partial charge in [0.2, 0.25) is 5.91 Å². The van der Waals surface area contributed by atoms with E-state index in [2.05, 4.69) is 15.5 Å². The number of hydrogen-bond donors (Lipinski definition) is 1. The van der Waals surface area contributed by atoms with E-state index in [1.807, 2.05) is 18.5 Å². The van der Waals surface area contributed by atoms with Crippen LogP contribution >= 0.6 is 0 Å². The minimum absolute atomic E-state index is 0.0980. The molecule has 1 heterocycles. The number of ether oxygens (including phenoxy) is 1. The zero-order valence-corrected chi connectivity index (χ0v) is 12.8. The molecule has 0 atom stereocenters. The quantitative estimate of drug-likeness (QED) is 0.863. The Kier molecular flexibility index (Phi) is 4.24. The summed E-state index contributed by atoms with van der Waals surface area (Å²) in [4.78, 5) is 12.0. The Bertz CT molecular complexity index is 504. The first-order chi connectivity index (χ1) is 10.2. The molecule has 21 heavy (non-hydrogen) atoms. The summed E-state index contributed by atoms with van der Waals surface area (Å²) >= 11 is 0. The zero-order chi connectivity index (χ0) is 14.8. The number of rotatable bonds is 6. The van der Waals surface area contributed by atoms with Crippen LogP contribution in [0.2, 0.25) is 0 Å². The van der Waals surface area contributed by atoms with E-state index in [9.17, 15) is 4.79 Å². The van der Waals surface area contributed by atoms with Gasteiger partial charge in [-0.3, -0.25) is 4.79 Å². The lowest BCUT2D eigenvalue weighted by Gasteiger charge is -2.33. The molecule has 6 heteroatoms. The van der Waals surface area contributed by atoms with Crippen LogP contribution < -0.4 is 5.32 Å². The van der Waals surface area contributed by atoms with Crippen LogP contribution in [0.5, 0.6) is 0 Å². The van der Waals surface area contributed by atoms with Gasteiger partial charge in [-0.15, -0.1) is 10.2 Å². The van der Waals surface area contributed by atoms with Crippen LogP contribution in [-0.4, -0.2) is 33.4 Å². The van der Waals surface area contributed by atoms with E-state index < -0.39 is 0 Å². The van der Waals surface area contributed by atoms with Gasteiger partial charge in [0.15, 0.2) is 5.82 Å². The van der Waals surface area contributed by atoms with E-state index in [-0.39, 0.29) is 17.9 Å². The first-order valence-electron chi connectivity index (χ1n) is 7.96. The molecule has 1 amide bonds. The number of nitrogens with one attached hydrogen (secondary N) is 1. The van der Waals surface area contributed by atoms with Crippen LogP contribution in [0.4, 0.5) is 0 Å². The molecular weight excluding hydrogens is 268 g/mol. The average molecular weight is 292 g/mol. The molecule has 0 saturated heterocycles. The van der Waals surface area contributed by atoms with Gasteiger partial charge in [-0.05, 0) is 32.6 Å². The van der Waals surface area contributed by atoms with Crippen molar-refractivity contribution in [3.63, 3.8) is 0 Å². The predicted molar refractivity (Wildman–Crippen MR) is 77.6 cm³/mol. The Morgan fingerprint density at radius 2 is 2.14 bits per heavy atom. The number of carbonyl (C=O) groups excluding carboxylic acids is 1. The van der Waals surface area contributed by atoms with Crippen molar-refractivity contribution >= 4 is 5.91 Å². The maximum atomic E-state index is 12.0. The summed E-state index contributed by atoms with van der Waals surface area (Å²) in [5, 5.41) is 11.5. The molecule has 2 saturated carbocycles. The van der Waals surface area contributed by atoms with Crippen molar-refractivity contribution in [1.29, 1.82) is 0 Å². The van der Waals surface area contributed by atoms with Gasteiger partial charge in [-0.2, -0.15) is 0 Å². The summed E-state index contributed by atoms with van der Waals surface area (Å²) < 4.78 is 7.52. The minimum atomic E-state index is 0.0980. The number of hydrogen-bond acceptors (Lipinski definition) is 4. The fourth-order valence-corrected chi connectivity index (χ4v) is 3.01. The normalized spacial score (nSPS) is 25.2. The van der Waals surface area contributed by atoms with Gasteiger partial charge in [-0.1, -0.05) is 6.42 Å². The van der Waals surface area contributed by atoms with Crippen LogP contribution in [0.3, 0.4) is 0 Å². The SMILES string of the molecule is CCOC1CC(C(=O)NCc2nnc(C3CCC3)n2C)C1. The van der Waals surface area contributed by atoms with Gasteiger partial charge in [0, 0.05) is 25.5 Å². The van der Waals surface area contributed by atoms with Crippen LogP contribution in [0.15, 0.2) is 0 Å². The first kappa shape index (κ1) is 14.5. The Hall–Kier alpha value is -1.43. The second-order valence-electron chi connectivity index (χ2n) is 6.12. The highest BCUT2D eigenvalue weighted by molar-refractivity contribution is 5.79. The van der Waals surface area contributed by atoms with Gasteiger partial charge in [0.1, 0.15) is 5.82 Å². The lowest BCUT2D eigenvalue weighted by molar-refractivity contribution is -0.133. The molecule has 1 aromatic heterocycles. The monoisotopic (exact) mass is 292 g/mol. The largest absolute Gasteiger partial charge is 0.378 e. The highest BCUT2D eigenvalue weighted by Crippen LogP contribution is 2.35. The molecule has 0 bridgehead atoms. The topological polar surface area (TPSA) is 69.0 Å². The molecule has 0 unspecified atom stereocenters. The Balaban J connectivity index is 1.47. The maximum Gasteiger partial charge on any atom is 0.223 e. The zero-order valence-electron chi connectivity index (χ0n) is 12.8. The van der Waals surface area contributed by atoms with Crippen molar-refractivity contribution in [3.8, 4) is 0 Å². The summed E-state index contributed by atoms with van der Waals surface area (Å²) in [7, 11) is 1.99. The molecule has 0 aromatic carbocycles. The van der Waals surface area contributed by atoms with Crippen molar-refractivity contribution in [1.82, 2.24) is 20.1 Å². The van der Waals surface area contributed by atoms with Crippen molar-refractivity contribution in [3.05, 3.63) is 11.6 Å². The molecule has 1 aromatic rings. The highest BCUT2D eigenvalue weighted by Gasteiger charge is 2.35. The average Bonchev–Trinajstić information content (AvgIpc) is 2.71. The summed E-state index contributed by atoms with van der Waals surface area (Å²) in [5.74, 6) is 2.67. The van der Waals surface area contributed by atoms with Crippen molar-refractivity contribution < 1.29 is 9.53 Å². The van der Waals surface area contributed by atoms with Crippen LogP contribution in [0, 0.1) is 5.92 Å². The van der Waals surface area contributed by atoms with Crippen LogP contribution in [0.25, 0.3) is 0 Å². The van der Waals surface area contributed by atoms with E-state index in [1.165, 1.54) is 19.3 Å². The summed E-state index contributed by atoms with van der Waals surface area (Å²) in [5.41, 5.74) is 0. The van der Waals surface area contributed by atoms with E-state index in [4.69, 9.17) is 4.74 Å². The summed E-state index contributed by atoms with van der Waals surface area (Å²) in [6, 6.07) is 0. The van der Waals surface area contributed by atoms with Gasteiger partial charge in [-0.25, -0.2) is 0 Å². The van der Waals surface area contributed by atoms with E-state index in [1.54, 1.807) is 0 Å². The lowest BCUT2D eigenvalue weighted by atomic mass is 9.81. The van der Waals surface area contributed by atoms with E-state index in [0.29, 0.717) is 12.5 Å². The maximum absolute atomic E-state index is 12.0. The molecule has 1 N–H and O–H groups in total. The molecule has 0 aliphatic heterocycles. The molecule has 3 rings (SSSR count). The smallest absolute Gasteiger partial charge is 0.223 e. The summed E-state index contributed by atoms with van der Waals surface area (Å²) in [6.07, 6.45) is 5.65. The minimum Gasteiger partial charge on any atom is -0.378 e. The van der Waals surface area contributed by atoms with E-state index in [0.717, 1.165) is 31.1 Å². The number of carbonyl (C=O) groups is 1. The third kappa shape index (κ3) is 2.95. The van der Waals surface area contributed by atoms with E-state index >= 15 is 0 Å². The van der Waals surface area contributed by atoms with Gasteiger partial charge >= 0.3 is 0 Å². The second-order valence-corrected chi connectivity index (χ2v) is 6.12. The van der Waals surface area contributed by atoms with Gasteiger partial charge in [0.25, 0.3) is 0 Å². The molecular formula is C15H24N4O2. The van der Waals surface area contributed by atoms with Crippen LogP contribution in [0.1, 0.15) is 56.6 Å². The van der Waals surface area contributed by atoms with Crippen molar-refractivity contribution in [2.24, 2.45) is 13.0 Å². The van der Waals surface area contributed by atoms with Gasteiger partial charge in [0.05, 0.1) is 12.6 Å². The number of nitrogens with zero attached hydrogens (tertiary/aromatic N) is 3. The Morgan fingerprint density at radius 1 is 1.38 bits per heavy atom. The van der Waals surface area contributed by atoms with Crippen molar-refractivity contribution in [2.45, 2.75) is 57.6 Å². The van der Waals surface area contributed by atoms with Crippen molar-refractivity contribution in [2.75, 3.05) is 6.61 Å². The predicted octanol–water partition coefficient (Wildman–Crippen LogP) is 1.51. The molecule has 0 spiro atoms. The molecule has 0 radical (unpaired) electrons. The molecule has 116 valence electrons. The summed E-state index contributed by atoms with van der Waals surface area (Å²) in [6.45, 7) is 3.17. The highest BCUT2D eigenvalue weighted by atomic mass is 16.5. The van der Waals surface area contributed by atoms with Gasteiger partial charge < -0.3 is 14.6 Å². The molecule has 2 aliphatic rings. The standard InChI is InChI=1S/C15H24N4O2/c1-3-21-12-7-11(8-12)15(20)16-9-13-17-18-14(19(13)2)10-5-4-6-10/h10-12H,3-9H2,1-2H3,(H,16,20). The molecule has 6 nitrogen and oxygen atoms in total.